The van der Waals surface area contributed by atoms with Crippen LogP contribution in [0.25, 0.3) is 0 Å². The molecule has 0 radical (unpaired) electrons. The summed E-state index contributed by atoms with van der Waals surface area (Å²) < 4.78 is 68.7. The highest BCUT2D eigenvalue weighted by atomic mass is 19.4. The molecular weight excluding hydrogens is 283 g/mol. The first-order valence-corrected chi connectivity index (χ1v) is 5.24. The number of aromatic nitrogens is 1. The molecule has 0 saturated carbocycles. The number of alkyl halides is 3. The number of rotatable bonds is 2. The number of anilines is 1. The Balaban J connectivity index is 2.33. The van der Waals surface area contributed by atoms with Gasteiger partial charge < -0.3 is 10.5 Å². The predicted octanol–water partition coefficient (Wildman–Crippen LogP) is 3.75. The molecule has 0 saturated heterocycles. The number of benzene rings is 1. The highest BCUT2D eigenvalue weighted by Crippen LogP contribution is 2.31. The molecule has 0 atom stereocenters. The molecule has 2 aromatic rings. The molecule has 2 rings (SSSR count). The fourth-order valence-corrected chi connectivity index (χ4v) is 1.36. The Hall–Kier alpha value is -2.38. The van der Waals surface area contributed by atoms with Gasteiger partial charge in [-0.15, -0.1) is 0 Å². The van der Waals surface area contributed by atoms with Crippen LogP contribution in [0.15, 0.2) is 30.3 Å². The van der Waals surface area contributed by atoms with Crippen molar-refractivity contribution in [2.75, 3.05) is 5.73 Å². The number of hydrogen-bond donors (Lipinski definition) is 1. The van der Waals surface area contributed by atoms with Crippen LogP contribution in [0.5, 0.6) is 11.6 Å². The summed E-state index contributed by atoms with van der Waals surface area (Å²) in [5.74, 6) is -3.08. The number of nitrogen functional groups attached to an aromatic ring is 1. The number of ether oxygens (including phenoxy) is 1. The fourth-order valence-electron chi connectivity index (χ4n) is 1.36. The smallest absolute Gasteiger partial charge is 0.433 e. The maximum Gasteiger partial charge on any atom is 0.433 e. The monoisotopic (exact) mass is 290 g/mol. The largest absolute Gasteiger partial charge is 0.436 e. The lowest BCUT2D eigenvalue weighted by atomic mass is 10.3. The molecule has 2 N–H and O–H groups in total. The molecule has 1 aromatic carbocycles. The van der Waals surface area contributed by atoms with Crippen LogP contribution < -0.4 is 10.5 Å². The first-order chi connectivity index (χ1) is 9.27. The standard InChI is InChI=1S/C12H7F5N2O/c13-6-5-9(7(14)4-8(6)18)20-11-3-1-2-10(19-11)12(15,16)17/h1-5H,18H2. The summed E-state index contributed by atoms with van der Waals surface area (Å²) >= 11 is 0. The van der Waals surface area contributed by atoms with Crippen molar-refractivity contribution in [3.63, 3.8) is 0 Å². The zero-order chi connectivity index (χ0) is 14.9. The average molecular weight is 290 g/mol. The quantitative estimate of drug-likeness (QED) is 0.677. The minimum absolute atomic E-state index is 0.438. The molecule has 0 bridgehead atoms. The van der Waals surface area contributed by atoms with Crippen molar-refractivity contribution in [3.05, 3.63) is 47.7 Å². The lowest BCUT2D eigenvalue weighted by Gasteiger charge is -2.10. The third-order valence-corrected chi connectivity index (χ3v) is 2.28. The molecule has 1 heterocycles. The first kappa shape index (κ1) is 14.0. The van der Waals surface area contributed by atoms with Crippen molar-refractivity contribution in [3.8, 4) is 11.6 Å². The Bertz CT molecular complexity index is 642. The summed E-state index contributed by atoms with van der Waals surface area (Å²) in [7, 11) is 0. The number of nitrogens with two attached hydrogens (primary N) is 1. The van der Waals surface area contributed by atoms with Gasteiger partial charge in [0.05, 0.1) is 5.69 Å². The molecule has 106 valence electrons. The average Bonchev–Trinajstić information content (AvgIpc) is 2.35. The van der Waals surface area contributed by atoms with E-state index in [0.717, 1.165) is 18.2 Å². The van der Waals surface area contributed by atoms with E-state index in [1.54, 1.807) is 0 Å². The van der Waals surface area contributed by atoms with Crippen LogP contribution in [0.1, 0.15) is 5.69 Å². The molecule has 3 nitrogen and oxygen atoms in total. The molecule has 0 spiro atoms. The molecule has 8 heteroatoms. The highest BCUT2D eigenvalue weighted by molar-refractivity contribution is 5.45. The van der Waals surface area contributed by atoms with Crippen LogP contribution >= 0.6 is 0 Å². The molecule has 0 amide bonds. The minimum atomic E-state index is -4.66. The fraction of sp³-hybridized carbons (Fsp3) is 0.0833. The van der Waals surface area contributed by atoms with Gasteiger partial charge in [0.15, 0.2) is 11.6 Å². The van der Waals surface area contributed by atoms with E-state index in [0.29, 0.717) is 12.1 Å². The van der Waals surface area contributed by atoms with Gasteiger partial charge in [-0.25, -0.2) is 13.8 Å². The van der Waals surface area contributed by atoms with Gasteiger partial charge in [0.2, 0.25) is 5.88 Å². The Kier molecular flexibility index (Phi) is 3.47. The Morgan fingerprint density at radius 1 is 1.05 bits per heavy atom. The predicted molar refractivity (Wildman–Crippen MR) is 60.1 cm³/mol. The van der Waals surface area contributed by atoms with Gasteiger partial charge in [0, 0.05) is 18.2 Å². The first-order valence-electron chi connectivity index (χ1n) is 5.24. The second kappa shape index (κ2) is 4.95. The van der Waals surface area contributed by atoms with Crippen LogP contribution in [0, 0.1) is 11.6 Å². The second-order valence-electron chi connectivity index (χ2n) is 3.77. The summed E-state index contributed by atoms with van der Waals surface area (Å²) in [5.41, 5.74) is 3.49. The van der Waals surface area contributed by atoms with Crippen molar-refractivity contribution in [2.24, 2.45) is 0 Å². The van der Waals surface area contributed by atoms with Crippen molar-refractivity contribution in [2.45, 2.75) is 6.18 Å². The maximum atomic E-state index is 13.4. The van der Waals surface area contributed by atoms with Crippen molar-refractivity contribution in [1.29, 1.82) is 0 Å². The van der Waals surface area contributed by atoms with Gasteiger partial charge in [-0.05, 0) is 6.07 Å². The van der Waals surface area contributed by atoms with Crippen LogP contribution in [0.3, 0.4) is 0 Å². The van der Waals surface area contributed by atoms with Crippen LogP contribution in [0.2, 0.25) is 0 Å². The number of pyridine rings is 1. The summed E-state index contributed by atoms with van der Waals surface area (Å²) in [5, 5.41) is 0. The van der Waals surface area contributed by atoms with Crippen molar-refractivity contribution >= 4 is 5.69 Å². The topological polar surface area (TPSA) is 48.1 Å². The van der Waals surface area contributed by atoms with E-state index >= 15 is 0 Å². The normalized spacial score (nSPS) is 11.4. The third-order valence-electron chi connectivity index (χ3n) is 2.28. The summed E-state index contributed by atoms with van der Waals surface area (Å²) in [6.45, 7) is 0. The summed E-state index contributed by atoms with van der Waals surface area (Å²) in [6, 6.07) is 4.15. The number of hydrogen-bond acceptors (Lipinski definition) is 3. The summed E-state index contributed by atoms with van der Waals surface area (Å²) in [6.07, 6.45) is -4.66. The Morgan fingerprint density at radius 3 is 2.40 bits per heavy atom. The van der Waals surface area contributed by atoms with E-state index in [-0.39, 0.29) is 0 Å². The molecule has 0 aliphatic heterocycles. The van der Waals surface area contributed by atoms with Crippen LogP contribution in [0.4, 0.5) is 27.6 Å². The minimum Gasteiger partial charge on any atom is -0.436 e. The van der Waals surface area contributed by atoms with Crippen LogP contribution in [-0.4, -0.2) is 4.98 Å². The van der Waals surface area contributed by atoms with Crippen molar-refractivity contribution < 1.29 is 26.7 Å². The van der Waals surface area contributed by atoms with Gasteiger partial charge in [0.25, 0.3) is 0 Å². The Labute approximate surface area is 109 Å². The molecule has 1 aromatic heterocycles. The van der Waals surface area contributed by atoms with Gasteiger partial charge in [-0.3, -0.25) is 0 Å². The van der Waals surface area contributed by atoms with E-state index in [2.05, 4.69) is 4.98 Å². The molecular formula is C12H7F5N2O. The maximum absolute atomic E-state index is 13.4. The molecule has 0 unspecified atom stereocenters. The molecule has 0 fully saturated rings. The Morgan fingerprint density at radius 2 is 1.75 bits per heavy atom. The number of halogens is 5. The zero-order valence-electron chi connectivity index (χ0n) is 9.71. The van der Waals surface area contributed by atoms with Gasteiger partial charge in [-0.1, -0.05) is 6.07 Å². The lowest BCUT2D eigenvalue weighted by Crippen LogP contribution is -2.08. The van der Waals surface area contributed by atoms with E-state index in [1.807, 2.05) is 0 Å². The van der Waals surface area contributed by atoms with E-state index < -0.39 is 40.8 Å². The molecule has 20 heavy (non-hydrogen) atoms. The zero-order valence-corrected chi connectivity index (χ0v) is 9.71. The van der Waals surface area contributed by atoms with Gasteiger partial charge in [0.1, 0.15) is 11.5 Å². The van der Waals surface area contributed by atoms with Gasteiger partial charge >= 0.3 is 6.18 Å². The van der Waals surface area contributed by atoms with Crippen LogP contribution in [-0.2, 0) is 6.18 Å². The van der Waals surface area contributed by atoms with Crippen molar-refractivity contribution in [1.82, 2.24) is 4.98 Å². The highest BCUT2D eigenvalue weighted by Gasteiger charge is 2.32. The molecule has 0 aliphatic carbocycles. The summed E-state index contributed by atoms with van der Waals surface area (Å²) in [4.78, 5) is 3.16. The van der Waals surface area contributed by atoms with E-state index in [9.17, 15) is 22.0 Å². The van der Waals surface area contributed by atoms with E-state index in [1.165, 1.54) is 0 Å². The lowest BCUT2D eigenvalue weighted by molar-refractivity contribution is -0.141. The van der Waals surface area contributed by atoms with Gasteiger partial charge in [-0.2, -0.15) is 13.2 Å². The second-order valence-corrected chi connectivity index (χ2v) is 3.77. The van der Waals surface area contributed by atoms with E-state index in [4.69, 9.17) is 10.5 Å². The third kappa shape index (κ3) is 2.95. The SMILES string of the molecule is Nc1cc(F)c(Oc2cccc(C(F)(F)F)n2)cc1F. The number of nitrogens with zero attached hydrogens (tertiary/aromatic N) is 1. The molecule has 0 aliphatic rings.